The fourth-order valence-electron chi connectivity index (χ4n) is 5.35. The average molecular weight is 460 g/mol. The van der Waals surface area contributed by atoms with E-state index in [9.17, 15) is 9.59 Å². The number of fused-ring (bicyclic) bond motifs is 5. The SMILES string of the molecule is O=C(CN1CCCC1)N1c2ccccc2-n2c(nn(CCN3CCCC3)c2=O)-c2cccnc21. The fourth-order valence-corrected chi connectivity index (χ4v) is 5.35. The van der Waals surface area contributed by atoms with Crippen LogP contribution in [0.15, 0.2) is 47.4 Å². The van der Waals surface area contributed by atoms with Crippen molar-refractivity contribution in [1.29, 1.82) is 0 Å². The molecule has 0 unspecified atom stereocenters. The Morgan fingerprint density at radius 3 is 2.32 bits per heavy atom. The summed E-state index contributed by atoms with van der Waals surface area (Å²) in [4.78, 5) is 38.1. The van der Waals surface area contributed by atoms with Crippen LogP contribution < -0.4 is 10.6 Å². The lowest BCUT2D eigenvalue weighted by Gasteiger charge is -2.25. The van der Waals surface area contributed by atoms with Crippen LogP contribution in [-0.2, 0) is 11.3 Å². The van der Waals surface area contributed by atoms with Crippen LogP contribution in [0.25, 0.3) is 17.1 Å². The molecular weight excluding hydrogens is 430 g/mol. The first kappa shape index (κ1) is 21.2. The van der Waals surface area contributed by atoms with E-state index in [0.717, 1.165) is 45.6 Å². The van der Waals surface area contributed by atoms with Gasteiger partial charge in [0.25, 0.3) is 0 Å². The number of nitrogens with zero attached hydrogens (tertiary/aromatic N) is 7. The van der Waals surface area contributed by atoms with Crippen LogP contribution in [0.5, 0.6) is 0 Å². The normalized spacial score (nSPS) is 17.9. The van der Waals surface area contributed by atoms with Crippen molar-refractivity contribution in [2.24, 2.45) is 0 Å². The minimum absolute atomic E-state index is 0.0468. The van der Waals surface area contributed by atoms with Gasteiger partial charge in [-0.3, -0.25) is 14.6 Å². The summed E-state index contributed by atoms with van der Waals surface area (Å²) in [5.74, 6) is 1.00. The third-order valence-corrected chi connectivity index (χ3v) is 7.08. The number of rotatable bonds is 5. The van der Waals surface area contributed by atoms with Crippen LogP contribution in [0.2, 0.25) is 0 Å². The molecule has 3 aliphatic heterocycles. The second-order valence-corrected chi connectivity index (χ2v) is 9.29. The number of hydrogen-bond donors (Lipinski definition) is 0. The van der Waals surface area contributed by atoms with E-state index in [-0.39, 0.29) is 11.6 Å². The smallest absolute Gasteiger partial charge is 0.301 e. The highest BCUT2D eigenvalue weighted by Gasteiger charge is 2.33. The van der Waals surface area contributed by atoms with E-state index in [1.54, 1.807) is 20.3 Å². The molecule has 9 nitrogen and oxygen atoms in total. The molecule has 2 fully saturated rings. The largest absolute Gasteiger partial charge is 0.350 e. The molecule has 0 saturated carbocycles. The van der Waals surface area contributed by atoms with Gasteiger partial charge in [0.05, 0.1) is 30.0 Å². The van der Waals surface area contributed by atoms with Crippen LogP contribution in [0, 0.1) is 0 Å². The summed E-state index contributed by atoms with van der Waals surface area (Å²) in [7, 11) is 0. The molecule has 0 aliphatic carbocycles. The van der Waals surface area contributed by atoms with Crippen molar-refractivity contribution in [3.8, 4) is 17.1 Å². The van der Waals surface area contributed by atoms with Gasteiger partial charge in [-0.15, -0.1) is 5.10 Å². The molecular formula is C25H29N7O2. The summed E-state index contributed by atoms with van der Waals surface area (Å²) >= 11 is 0. The minimum atomic E-state index is -0.190. The first-order chi connectivity index (χ1) is 16.7. The zero-order chi connectivity index (χ0) is 23.1. The molecule has 2 aromatic heterocycles. The van der Waals surface area contributed by atoms with E-state index in [4.69, 9.17) is 5.10 Å². The van der Waals surface area contributed by atoms with Gasteiger partial charge in [0.15, 0.2) is 11.6 Å². The van der Waals surface area contributed by atoms with Crippen LogP contribution in [-0.4, -0.2) is 74.3 Å². The summed E-state index contributed by atoms with van der Waals surface area (Å²) in [5, 5.41) is 4.76. The molecule has 3 aliphatic rings. The van der Waals surface area contributed by atoms with E-state index >= 15 is 0 Å². The lowest BCUT2D eigenvalue weighted by atomic mass is 10.2. The van der Waals surface area contributed by atoms with Gasteiger partial charge in [0, 0.05) is 12.7 Å². The van der Waals surface area contributed by atoms with Crippen molar-refractivity contribution in [3.05, 3.63) is 53.1 Å². The number of amides is 1. The average Bonchev–Trinajstić information content (AvgIpc) is 3.60. The highest BCUT2D eigenvalue weighted by atomic mass is 16.2. The van der Waals surface area contributed by atoms with Gasteiger partial charge in [0.2, 0.25) is 5.91 Å². The Bertz CT molecular complexity index is 1270. The van der Waals surface area contributed by atoms with Gasteiger partial charge >= 0.3 is 5.69 Å². The number of aromatic nitrogens is 4. The van der Waals surface area contributed by atoms with Crippen LogP contribution in [0.1, 0.15) is 25.7 Å². The Balaban J connectivity index is 1.45. The van der Waals surface area contributed by atoms with Crippen LogP contribution >= 0.6 is 0 Å². The molecule has 34 heavy (non-hydrogen) atoms. The first-order valence-electron chi connectivity index (χ1n) is 12.2. The van der Waals surface area contributed by atoms with Gasteiger partial charge in [-0.25, -0.2) is 19.0 Å². The Morgan fingerprint density at radius 2 is 1.56 bits per heavy atom. The molecule has 0 spiro atoms. The van der Waals surface area contributed by atoms with Crippen molar-refractivity contribution in [2.45, 2.75) is 32.2 Å². The number of benzene rings is 1. The Morgan fingerprint density at radius 1 is 0.853 bits per heavy atom. The molecule has 5 heterocycles. The van der Waals surface area contributed by atoms with Crippen molar-refractivity contribution < 1.29 is 4.79 Å². The zero-order valence-electron chi connectivity index (χ0n) is 19.3. The van der Waals surface area contributed by atoms with Crippen LogP contribution in [0.3, 0.4) is 0 Å². The molecule has 0 radical (unpaired) electrons. The summed E-state index contributed by atoms with van der Waals surface area (Å²) in [6, 6.07) is 11.3. The molecule has 0 bridgehead atoms. The predicted molar refractivity (Wildman–Crippen MR) is 130 cm³/mol. The fraction of sp³-hybridized carbons (Fsp3) is 0.440. The zero-order valence-corrected chi connectivity index (χ0v) is 19.3. The Hall–Kier alpha value is -3.30. The summed E-state index contributed by atoms with van der Waals surface area (Å²) in [6.07, 6.45) is 6.34. The Labute approximate surface area is 198 Å². The highest BCUT2D eigenvalue weighted by molar-refractivity contribution is 6.06. The number of para-hydroxylation sites is 2. The molecule has 0 N–H and O–H groups in total. The van der Waals surface area contributed by atoms with Crippen molar-refractivity contribution in [1.82, 2.24) is 29.1 Å². The molecule has 6 rings (SSSR count). The van der Waals surface area contributed by atoms with E-state index < -0.39 is 0 Å². The van der Waals surface area contributed by atoms with E-state index in [1.807, 2.05) is 36.4 Å². The number of anilines is 2. The van der Waals surface area contributed by atoms with Gasteiger partial charge < -0.3 is 4.90 Å². The molecule has 3 aromatic rings. The standard InChI is InChI=1S/C25H29N7O2/c33-22(18-29-14-5-6-15-29)31-20-9-1-2-10-21(20)32-24(19-8-7-11-26-23(19)31)27-30(25(32)34)17-16-28-12-3-4-13-28/h1-2,7-11H,3-6,12-18H2. The topological polar surface area (TPSA) is 79.5 Å². The first-order valence-corrected chi connectivity index (χ1v) is 12.2. The highest BCUT2D eigenvalue weighted by Crippen LogP contribution is 2.40. The Kier molecular flexibility index (Phi) is 5.50. The molecule has 0 atom stereocenters. The second-order valence-electron chi connectivity index (χ2n) is 9.29. The number of hydrogen-bond acceptors (Lipinski definition) is 6. The number of carbonyl (C=O) groups excluding carboxylic acids is 1. The number of pyridine rings is 1. The maximum atomic E-state index is 13.6. The lowest BCUT2D eigenvalue weighted by Crippen LogP contribution is -2.37. The maximum Gasteiger partial charge on any atom is 0.350 e. The van der Waals surface area contributed by atoms with Gasteiger partial charge in [0.1, 0.15) is 0 Å². The third kappa shape index (κ3) is 3.65. The molecule has 176 valence electrons. The monoisotopic (exact) mass is 459 g/mol. The third-order valence-electron chi connectivity index (χ3n) is 7.08. The van der Waals surface area contributed by atoms with Gasteiger partial charge in [-0.2, -0.15) is 0 Å². The van der Waals surface area contributed by atoms with E-state index in [2.05, 4.69) is 14.8 Å². The lowest BCUT2D eigenvalue weighted by molar-refractivity contribution is -0.118. The van der Waals surface area contributed by atoms with E-state index in [0.29, 0.717) is 41.7 Å². The van der Waals surface area contributed by atoms with Gasteiger partial charge in [-0.05, 0) is 76.1 Å². The molecule has 1 amide bonds. The number of likely N-dealkylation sites (tertiary alicyclic amines) is 2. The quantitative estimate of drug-likeness (QED) is 0.582. The maximum absolute atomic E-state index is 13.6. The van der Waals surface area contributed by atoms with Crippen molar-refractivity contribution >= 4 is 17.4 Å². The van der Waals surface area contributed by atoms with Gasteiger partial charge in [-0.1, -0.05) is 12.1 Å². The molecule has 9 heteroatoms. The van der Waals surface area contributed by atoms with Crippen LogP contribution in [0.4, 0.5) is 11.5 Å². The summed E-state index contributed by atoms with van der Waals surface area (Å²) in [5.41, 5.74) is 1.81. The van der Waals surface area contributed by atoms with E-state index in [1.165, 1.54) is 12.8 Å². The molecule has 2 saturated heterocycles. The summed E-state index contributed by atoms with van der Waals surface area (Å²) < 4.78 is 3.20. The second kappa shape index (κ2) is 8.81. The minimum Gasteiger partial charge on any atom is -0.301 e. The predicted octanol–water partition coefficient (Wildman–Crippen LogP) is 2.27. The van der Waals surface area contributed by atoms with Crippen molar-refractivity contribution in [3.63, 3.8) is 0 Å². The number of carbonyl (C=O) groups is 1. The molecule has 1 aromatic carbocycles. The van der Waals surface area contributed by atoms with Crippen molar-refractivity contribution in [2.75, 3.05) is 44.2 Å². The summed E-state index contributed by atoms with van der Waals surface area (Å²) in [6.45, 7) is 5.68.